The first-order valence-electron chi connectivity index (χ1n) is 6.31. The molecule has 2 rings (SSSR count). The van der Waals surface area contributed by atoms with Crippen molar-refractivity contribution >= 4 is 0 Å². The van der Waals surface area contributed by atoms with Gasteiger partial charge in [0.2, 0.25) is 0 Å². The van der Waals surface area contributed by atoms with Crippen LogP contribution in [0.3, 0.4) is 0 Å². The summed E-state index contributed by atoms with van der Waals surface area (Å²) in [6.07, 6.45) is 2.01. The predicted molar refractivity (Wildman–Crippen MR) is 71.8 cm³/mol. The zero-order chi connectivity index (χ0) is 12.4. The van der Waals surface area contributed by atoms with Crippen LogP contribution < -0.4 is 0 Å². The van der Waals surface area contributed by atoms with Crippen LogP contribution in [-0.2, 0) is 12.8 Å². The molecule has 0 N–H and O–H groups in total. The Balaban J connectivity index is 2.63. The Hall–Kier alpha value is -1.57. The van der Waals surface area contributed by atoms with E-state index in [2.05, 4.69) is 56.6 Å². The first-order chi connectivity index (χ1) is 8.17. The number of hydrogen-bond acceptors (Lipinski definition) is 1. The Labute approximate surface area is 103 Å². The van der Waals surface area contributed by atoms with Gasteiger partial charge < -0.3 is 0 Å². The molecule has 2 aromatic rings. The molecule has 0 radical (unpaired) electrons. The van der Waals surface area contributed by atoms with Crippen molar-refractivity contribution in [1.29, 1.82) is 0 Å². The fourth-order valence-corrected chi connectivity index (χ4v) is 2.23. The van der Waals surface area contributed by atoms with E-state index < -0.39 is 0 Å². The molecule has 2 heteroatoms. The lowest BCUT2D eigenvalue weighted by molar-refractivity contribution is 0.784. The van der Waals surface area contributed by atoms with Crippen molar-refractivity contribution in [3.63, 3.8) is 0 Å². The largest absolute Gasteiger partial charge is 0.237 e. The third kappa shape index (κ3) is 2.12. The van der Waals surface area contributed by atoms with E-state index in [4.69, 9.17) is 5.10 Å². The molecule has 2 nitrogen and oxygen atoms in total. The van der Waals surface area contributed by atoms with Crippen LogP contribution in [0.15, 0.2) is 24.3 Å². The summed E-state index contributed by atoms with van der Waals surface area (Å²) in [5.41, 5.74) is 6.27. The third-order valence-corrected chi connectivity index (χ3v) is 3.21. The molecule has 0 amide bonds. The Morgan fingerprint density at radius 1 is 1.06 bits per heavy atom. The Kier molecular flexibility index (Phi) is 3.32. The number of para-hydroxylation sites is 1. The normalized spacial score (nSPS) is 10.8. The maximum atomic E-state index is 4.71. The topological polar surface area (TPSA) is 17.8 Å². The van der Waals surface area contributed by atoms with Gasteiger partial charge in [-0.3, -0.25) is 0 Å². The van der Waals surface area contributed by atoms with Crippen molar-refractivity contribution < 1.29 is 0 Å². The number of hydrogen-bond donors (Lipinski definition) is 0. The highest BCUT2D eigenvalue weighted by molar-refractivity contribution is 5.47. The summed E-state index contributed by atoms with van der Waals surface area (Å²) in [6, 6.07) is 8.61. The number of aromatic nitrogens is 2. The second-order valence-corrected chi connectivity index (χ2v) is 4.49. The number of benzene rings is 1. The summed E-state index contributed by atoms with van der Waals surface area (Å²) in [5, 5.41) is 4.71. The molecule has 1 aromatic carbocycles. The fourth-order valence-electron chi connectivity index (χ4n) is 2.23. The van der Waals surface area contributed by atoms with E-state index in [9.17, 15) is 0 Å². The van der Waals surface area contributed by atoms with Gasteiger partial charge in [0.25, 0.3) is 0 Å². The van der Waals surface area contributed by atoms with Gasteiger partial charge in [-0.05, 0) is 43.9 Å². The molecule has 0 aliphatic carbocycles. The van der Waals surface area contributed by atoms with E-state index in [0.29, 0.717) is 0 Å². The summed E-state index contributed by atoms with van der Waals surface area (Å²) in [6.45, 7) is 8.63. The second kappa shape index (κ2) is 4.74. The van der Waals surface area contributed by atoms with E-state index in [0.717, 1.165) is 12.8 Å². The van der Waals surface area contributed by atoms with Gasteiger partial charge in [-0.2, -0.15) is 5.10 Å². The molecular formula is C15H20N2. The minimum atomic E-state index is 0.991. The zero-order valence-corrected chi connectivity index (χ0v) is 11.1. The van der Waals surface area contributed by atoms with Crippen LogP contribution in [0.1, 0.15) is 36.4 Å². The van der Waals surface area contributed by atoms with Gasteiger partial charge in [-0.15, -0.1) is 0 Å². The highest BCUT2D eigenvalue weighted by atomic mass is 15.3. The fraction of sp³-hybridized carbons (Fsp3) is 0.400. The molecule has 0 saturated carbocycles. The minimum absolute atomic E-state index is 0.991. The lowest BCUT2D eigenvalue weighted by Crippen LogP contribution is -2.05. The molecule has 1 heterocycles. The summed E-state index contributed by atoms with van der Waals surface area (Å²) < 4.78 is 2.11. The van der Waals surface area contributed by atoms with E-state index >= 15 is 0 Å². The molecular weight excluding hydrogens is 208 g/mol. The number of aryl methyl sites for hydroxylation is 4. The van der Waals surface area contributed by atoms with Crippen molar-refractivity contribution in [1.82, 2.24) is 9.78 Å². The monoisotopic (exact) mass is 228 g/mol. The lowest BCUT2D eigenvalue weighted by Gasteiger charge is -2.12. The Bertz CT molecular complexity index is 503. The number of rotatable bonds is 3. The lowest BCUT2D eigenvalue weighted by atomic mass is 10.1. The molecule has 1 aromatic heterocycles. The highest BCUT2D eigenvalue weighted by Gasteiger charge is 2.11. The van der Waals surface area contributed by atoms with Gasteiger partial charge in [-0.25, -0.2) is 4.68 Å². The predicted octanol–water partition coefficient (Wildman–Crippen LogP) is 3.61. The van der Waals surface area contributed by atoms with Gasteiger partial charge in [0.05, 0.1) is 11.4 Å². The minimum Gasteiger partial charge on any atom is -0.237 e. The Morgan fingerprint density at radius 3 is 2.24 bits per heavy atom. The molecule has 0 fully saturated rings. The van der Waals surface area contributed by atoms with Crippen molar-refractivity contribution in [2.24, 2.45) is 0 Å². The average molecular weight is 228 g/mol. The van der Waals surface area contributed by atoms with Crippen LogP contribution in [0.5, 0.6) is 0 Å². The molecule has 0 bridgehead atoms. The smallest absolute Gasteiger partial charge is 0.0707 e. The summed E-state index contributed by atoms with van der Waals surface area (Å²) in [4.78, 5) is 0. The van der Waals surface area contributed by atoms with Crippen LogP contribution in [-0.4, -0.2) is 9.78 Å². The van der Waals surface area contributed by atoms with Gasteiger partial charge >= 0.3 is 0 Å². The molecule has 90 valence electrons. The molecule has 0 atom stereocenters. The van der Waals surface area contributed by atoms with Gasteiger partial charge in [0.15, 0.2) is 0 Å². The van der Waals surface area contributed by atoms with E-state index in [1.54, 1.807) is 0 Å². The van der Waals surface area contributed by atoms with Crippen molar-refractivity contribution in [2.45, 2.75) is 40.5 Å². The SMILES string of the molecule is CCc1cc(CC)n(-c2c(C)cccc2C)n1. The average Bonchev–Trinajstić information content (AvgIpc) is 2.72. The van der Waals surface area contributed by atoms with E-state index in [1.165, 1.54) is 28.2 Å². The molecule has 0 spiro atoms. The van der Waals surface area contributed by atoms with Crippen molar-refractivity contribution in [2.75, 3.05) is 0 Å². The van der Waals surface area contributed by atoms with Crippen LogP contribution in [0.4, 0.5) is 0 Å². The van der Waals surface area contributed by atoms with Crippen molar-refractivity contribution in [3.8, 4) is 5.69 Å². The Morgan fingerprint density at radius 2 is 1.71 bits per heavy atom. The number of nitrogens with zero attached hydrogens (tertiary/aromatic N) is 2. The first-order valence-corrected chi connectivity index (χ1v) is 6.31. The maximum Gasteiger partial charge on any atom is 0.0707 e. The van der Waals surface area contributed by atoms with E-state index in [1.807, 2.05) is 0 Å². The third-order valence-electron chi connectivity index (χ3n) is 3.21. The maximum absolute atomic E-state index is 4.71. The molecule has 0 aliphatic heterocycles. The summed E-state index contributed by atoms with van der Waals surface area (Å²) in [7, 11) is 0. The van der Waals surface area contributed by atoms with Crippen LogP contribution in [0.25, 0.3) is 5.69 Å². The zero-order valence-electron chi connectivity index (χ0n) is 11.1. The summed E-state index contributed by atoms with van der Waals surface area (Å²) >= 11 is 0. The molecule has 0 aliphatic rings. The van der Waals surface area contributed by atoms with Crippen LogP contribution >= 0.6 is 0 Å². The van der Waals surface area contributed by atoms with E-state index in [-0.39, 0.29) is 0 Å². The first kappa shape index (κ1) is 11.9. The molecule has 17 heavy (non-hydrogen) atoms. The highest BCUT2D eigenvalue weighted by Crippen LogP contribution is 2.21. The standard InChI is InChI=1S/C15H20N2/c1-5-13-10-14(6-2)17(16-13)15-11(3)8-7-9-12(15)4/h7-10H,5-6H2,1-4H3. The summed E-state index contributed by atoms with van der Waals surface area (Å²) in [5.74, 6) is 0. The quantitative estimate of drug-likeness (QED) is 0.784. The van der Waals surface area contributed by atoms with Gasteiger partial charge in [0, 0.05) is 5.69 Å². The van der Waals surface area contributed by atoms with Crippen LogP contribution in [0, 0.1) is 13.8 Å². The van der Waals surface area contributed by atoms with Crippen molar-refractivity contribution in [3.05, 3.63) is 46.8 Å². The van der Waals surface area contributed by atoms with Crippen LogP contribution in [0.2, 0.25) is 0 Å². The molecule has 0 saturated heterocycles. The van der Waals surface area contributed by atoms with Gasteiger partial charge in [-0.1, -0.05) is 32.0 Å². The molecule has 0 unspecified atom stereocenters. The second-order valence-electron chi connectivity index (χ2n) is 4.49. The van der Waals surface area contributed by atoms with Gasteiger partial charge in [0.1, 0.15) is 0 Å².